The fourth-order valence-electron chi connectivity index (χ4n) is 1.56. The summed E-state index contributed by atoms with van der Waals surface area (Å²) in [4.78, 5) is 11.8. The van der Waals surface area contributed by atoms with Crippen LogP contribution < -0.4 is 5.32 Å². The molecule has 0 saturated heterocycles. The molecule has 0 spiro atoms. The molecule has 100 valence electrons. The summed E-state index contributed by atoms with van der Waals surface area (Å²) < 4.78 is 11.5. The number of carbonyl (C=O) groups excluding carboxylic acids is 1. The number of hydrogen-bond acceptors (Lipinski definition) is 2. The Bertz CT molecular complexity index is 445. The van der Waals surface area contributed by atoms with E-state index in [1.54, 1.807) is 13.3 Å². The third kappa shape index (κ3) is 5.05. The van der Waals surface area contributed by atoms with Crippen molar-refractivity contribution in [3.8, 4) is 0 Å². The summed E-state index contributed by atoms with van der Waals surface area (Å²) in [6.45, 7) is 8.17. The smallest absolute Gasteiger partial charge is 0.251 e. The molecule has 0 saturated carbocycles. The highest BCUT2D eigenvalue weighted by molar-refractivity contribution is 7.62. The van der Waals surface area contributed by atoms with Crippen molar-refractivity contribution < 1.29 is 9.36 Å². The van der Waals surface area contributed by atoms with Gasteiger partial charge < -0.3 is 9.88 Å². The lowest BCUT2D eigenvalue weighted by Crippen LogP contribution is -2.26. The summed E-state index contributed by atoms with van der Waals surface area (Å²) in [6, 6.07) is 7.62. The summed E-state index contributed by atoms with van der Waals surface area (Å²) >= 11 is 0. The molecule has 1 amide bonds. The normalized spacial score (nSPS) is 11.6. The van der Waals surface area contributed by atoms with Crippen LogP contribution in [0.2, 0.25) is 0 Å². The van der Waals surface area contributed by atoms with Crippen LogP contribution >= 0.6 is 7.14 Å². The number of benzene rings is 1. The molecule has 18 heavy (non-hydrogen) atoms. The van der Waals surface area contributed by atoms with E-state index in [9.17, 15) is 9.36 Å². The van der Waals surface area contributed by atoms with Crippen LogP contribution in [0.25, 0.3) is 0 Å². The summed E-state index contributed by atoms with van der Waals surface area (Å²) in [6.07, 6.45) is 0.544. The zero-order chi connectivity index (χ0) is 13.8. The van der Waals surface area contributed by atoms with Gasteiger partial charge in [0.05, 0.1) is 7.14 Å². The maximum atomic E-state index is 11.8. The number of hydrogen-bond donors (Lipinski definition) is 1. The van der Waals surface area contributed by atoms with Gasteiger partial charge in [-0.3, -0.25) is 4.79 Å². The molecule has 0 aliphatic heterocycles. The Labute approximate surface area is 109 Å². The van der Waals surface area contributed by atoms with Crippen LogP contribution in [0.4, 0.5) is 0 Å². The number of carbonyl (C=O) groups is 1. The van der Waals surface area contributed by atoms with Gasteiger partial charge in [0.2, 0.25) is 0 Å². The van der Waals surface area contributed by atoms with Crippen molar-refractivity contribution >= 4 is 13.0 Å². The first-order chi connectivity index (χ1) is 8.29. The number of rotatable bonds is 5. The average molecular weight is 267 g/mol. The zero-order valence-corrected chi connectivity index (χ0v) is 12.5. The number of amides is 1. The maximum Gasteiger partial charge on any atom is 0.251 e. The Balaban J connectivity index is 2.54. The van der Waals surface area contributed by atoms with Crippen molar-refractivity contribution in [1.29, 1.82) is 0 Å². The lowest BCUT2D eigenvalue weighted by molar-refractivity contribution is 0.0956. The predicted octanol–water partition coefficient (Wildman–Crippen LogP) is 3.16. The molecule has 0 radical (unpaired) electrons. The Morgan fingerprint density at radius 3 is 2.22 bits per heavy atom. The van der Waals surface area contributed by atoms with Crippen molar-refractivity contribution in [3.05, 3.63) is 35.4 Å². The van der Waals surface area contributed by atoms with Crippen molar-refractivity contribution in [1.82, 2.24) is 5.32 Å². The van der Waals surface area contributed by atoms with Gasteiger partial charge in [0.15, 0.2) is 0 Å². The van der Waals surface area contributed by atoms with E-state index in [-0.39, 0.29) is 5.91 Å². The predicted molar refractivity (Wildman–Crippen MR) is 77.2 cm³/mol. The molecule has 3 nitrogen and oxygen atoms in total. The van der Waals surface area contributed by atoms with Gasteiger partial charge in [0, 0.05) is 18.3 Å². The standard InChI is InChI=1S/C14H22NO2P/c1-11(2)12-5-7-13(8-6-12)14(16)15-9-10-18(3,4)17/h5-8,11H,9-10H2,1-4H3,(H,15,16). The van der Waals surface area contributed by atoms with E-state index in [4.69, 9.17) is 0 Å². The first-order valence-corrected chi connectivity index (χ1v) is 9.00. The second-order valence-corrected chi connectivity index (χ2v) is 8.93. The second kappa shape index (κ2) is 6.19. The van der Waals surface area contributed by atoms with Crippen LogP contribution in [0, 0.1) is 0 Å². The first-order valence-electron chi connectivity index (χ1n) is 6.22. The zero-order valence-electron chi connectivity index (χ0n) is 11.6. The highest BCUT2D eigenvalue weighted by Gasteiger charge is 2.09. The molecule has 0 aromatic heterocycles. The van der Waals surface area contributed by atoms with Gasteiger partial charge >= 0.3 is 0 Å². The lowest BCUT2D eigenvalue weighted by atomic mass is 10.0. The molecule has 0 aliphatic carbocycles. The molecule has 1 N–H and O–H groups in total. The van der Waals surface area contributed by atoms with Crippen LogP contribution in [0.5, 0.6) is 0 Å². The van der Waals surface area contributed by atoms with Crippen LogP contribution in [-0.2, 0) is 4.57 Å². The minimum absolute atomic E-state index is 0.0984. The summed E-state index contributed by atoms with van der Waals surface area (Å²) in [5, 5.41) is 2.79. The van der Waals surface area contributed by atoms with E-state index in [0.29, 0.717) is 24.2 Å². The van der Waals surface area contributed by atoms with Crippen LogP contribution in [0.1, 0.15) is 35.7 Å². The molecule has 4 heteroatoms. The third-order valence-electron chi connectivity index (χ3n) is 2.78. The fourth-order valence-corrected chi connectivity index (χ4v) is 2.21. The Kier molecular flexibility index (Phi) is 5.15. The van der Waals surface area contributed by atoms with E-state index in [0.717, 1.165) is 0 Å². The number of nitrogens with one attached hydrogen (secondary N) is 1. The average Bonchev–Trinajstić information content (AvgIpc) is 2.27. The minimum Gasteiger partial charge on any atom is -0.352 e. The van der Waals surface area contributed by atoms with Gasteiger partial charge in [0.25, 0.3) is 5.91 Å². The summed E-state index contributed by atoms with van der Waals surface area (Å²) in [5.74, 6) is 0.368. The highest BCUT2D eigenvalue weighted by atomic mass is 31.2. The van der Waals surface area contributed by atoms with Gasteiger partial charge in [-0.25, -0.2) is 0 Å². The molecule has 0 fully saturated rings. The molecule has 0 unspecified atom stereocenters. The Hall–Kier alpha value is -1.08. The van der Waals surface area contributed by atoms with Crippen LogP contribution in [0.3, 0.4) is 0 Å². The van der Waals surface area contributed by atoms with E-state index in [2.05, 4.69) is 19.2 Å². The maximum absolute atomic E-state index is 11.8. The second-order valence-electron chi connectivity index (χ2n) is 5.33. The van der Waals surface area contributed by atoms with Gasteiger partial charge in [0.1, 0.15) is 0 Å². The van der Waals surface area contributed by atoms with E-state index in [1.807, 2.05) is 24.3 Å². The van der Waals surface area contributed by atoms with Crippen LogP contribution in [0.15, 0.2) is 24.3 Å². The first kappa shape index (κ1) is 15.0. The molecule has 0 aliphatic rings. The van der Waals surface area contributed by atoms with Crippen molar-refractivity contribution in [2.24, 2.45) is 0 Å². The molecular weight excluding hydrogens is 245 g/mol. The highest BCUT2D eigenvalue weighted by Crippen LogP contribution is 2.34. The third-order valence-corrected chi connectivity index (χ3v) is 4.08. The molecule has 0 heterocycles. The topological polar surface area (TPSA) is 46.2 Å². The SMILES string of the molecule is CC(C)c1ccc(C(=O)NCCP(C)(C)=O)cc1. The lowest BCUT2D eigenvalue weighted by Gasteiger charge is -2.09. The molecule has 1 rings (SSSR count). The molecule has 1 aromatic rings. The van der Waals surface area contributed by atoms with E-state index < -0.39 is 7.14 Å². The summed E-state index contributed by atoms with van der Waals surface area (Å²) in [7, 11) is -2.05. The van der Waals surface area contributed by atoms with Crippen LogP contribution in [-0.4, -0.2) is 31.9 Å². The molecular formula is C14H22NO2P. The van der Waals surface area contributed by atoms with Gasteiger partial charge in [-0.2, -0.15) is 0 Å². The molecule has 0 bridgehead atoms. The van der Waals surface area contributed by atoms with E-state index in [1.165, 1.54) is 5.56 Å². The van der Waals surface area contributed by atoms with Gasteiger partial charge in [-0.1, -0.05) is 26.0 Å². The van der Waals surface area contributed by atoms with Gasteiger partial charge in [-0.15, -0.1) is 0 Å². The van der Waals surface area contributed by atoms with Gasteiger partial charge in [-0.05, 0) is 36.9 Å². The van der Waals surface area contributed by atoms with Crippen molar-refractivity contribution in [2.45, 2.75) is 19.8 Å². The quantitative estimate of drug-likeness (QED) is 0.833. The molecule has 1 aromatic carbocycles. The molecule has 0 atom stereocenters. The van der Waals surface area contributed by atoms with Crippen molar-refractivity contribution in [2.75, 3.05) is 26.0 Å². The fraction of sp³-hybridized carbons (Fsp3) is 0.500. The Morgan fingerprint density at radius 2 is 1.78 bits per heavy atom. The monoisotopic (exact) mass is 267 g/mol. The van der Waals surface area contributed by atoms with Crippen molar-refractivity contribution in [3.63, 3.8) is 0 Å². The van der Waals surface area contributed by atoms with E-state index >= 15 is 0 Å². The minimum atomic E-state index is -2.05. The Morgan fingerprint density at radius 1 is 1.22 bits per heavy atom. The largest absolute Gasteiger partial charge is 0.352 e. The summed E-state index contributed by atoms with van der Waals surface area (Å²) in [5.41, 5.74) is 1.87.